The van der Waals surface area contributed by atoms with E-state index in [4.69, 9.17) is 9.26 Å². The van der Waals surface area contributed by atoms with Gasteiger partial charge in [0.15, 0.2) is 0 Å². The fourth-order valence-electron chi connectivity index (χ4n) is 1.96. The molecule has 0 aliphatic heterocycles. The summed E-state index contributed by atoms with van der Waals surface area (Å²) in [5, 5.41) is 13.4. The number of hydrogen-bond donors (Lipinski definition) is 1. The number of phenolic OH excluding ortho intramolecular Hbond substituents is 1. The van der Waals surface area contributed by atoms with Crippen molar-refractivity contribution < 1.29 is 14.4 Å². The van der Waals surface area contributed by atoms with E-state index in [9.17, 15) is 5.11 Å². The predicted molar refractivity (Wildman–Crippen MR) is 78.0 cm³/mol. The Bertz CT molecular complexity index is 735. The minimum absolute atomic E-state index is 0.167. The van der Waals surface area contributed by atoms with Crippen LogP contribution >= 0.6 is 0 Å². The molecule has 0 amide bonds. The zero-order valence-corrected chi connectivity index (χ0v) is 11.5. The number of rotatable bonds is 4. The summed E-state index contributed by atoms with van der Waals surface area (Å²) in [6.45, 7) is 2.56. The van der Waals surface area contributed by atoms with Gasteiger partial charge in [0.05, 0.1) is 6.61 Å². The second-order valence-electron chi connectivity index (χ2n) is 4.43. The van der Waals surface area contributed by atoms with E-state index in [1.165, 1.54) is 0 Å². The van der Waals surface area contributed by atoms with E-state index in [-0.39, 0.29) is 5.75 Å². The molecular weight excluding hydrogens is 268 g/mol. The van der Waals surface area contributed by atoms with Crippen LogP contribution in [0.2, 0.25) is 0 Å². The van der Waals surface area contributed by atoms with Crippen molar-refractivity contribution in [2.75, 3.05) is 6.61 Å². The van der Waals surface area contributed by atoms with Gasteiger partial charge >= 0.3 is 0 Å². The van der Waals surface area contributed by atoms with E-state index in [0.717, 1.165) is 11.3 Å². The molecule has 3 aromatic rings. The highest BCUT2D eigenvalue weighted by Gasteiger charge is 2.11. The Kier molecular flexibility index (Phi) is 3.55. The molecule has 0 aliphatic rings. The molecule has 1 aromatic heterocycles. The van der Waals surface area contributed by atoms with E-state index in [1.807, 2.05) is 37.3 Å². The van der Waals surface area contributed by atoms with E-state index in [2.05, 4.69) is 10.1 Å². The maximum atomic E-state index is 9.48. The van der Waals surface area contributed by atoms with Crippen molar-refractivity contribution in [2.24, 2.45) is 0 Å². The van der Waals surface area contributed by atoms with Gasteiger partial charge < -0.3 is 14.4 Å². The molecule has 0 saturated heterocycles. The third-order valence-corrected chi connectivity index (χ3v) is 2.94. The zero-order valence-electron chi connectivity index (χ0n) is 11.5. The lowest BCUT2D eigenvalue weighted by molar-refractivity contribution is 0.340. The molecule has 1 N–H and O–H groups in total. The van der Waals surface area contributed by atoms with Crippen molar-refractivity contribution in [1.82, 2.24) is 10.1 Å². The molecule has 0 atom stereocenters. The van der Waals surface area contributed by atoms with Crippen LogP contribution < -0.4 is 4.74 Å². The standard InChI is InChI=1S/C16H14N2O3/c1-2-20-14-8-6-11(7-9-14)16-17-15(18-21-16)12-4-3-5-13(19)10-12/h3-10,19H,2H2,1H3. The normalized spacial score (nSPS) is 10.5. The average molecular weight is 282 g/mol. The van der Waals surface area contributed by atoms with Crippen LogP contribution in [0.25, 0.3) is 22.8 Å². The number of nitrogens with zero attached hydrogens (tertiary/aromatic N) is 2. The summed E-state index contributed by atoms with van der Waals surface area (Å²) in [7, 11) is 0. The van der Waals surface area contributed by atoms with Crippen LogP contribution in [0, 0.1) is 0 Å². The molecule has 0 radical (unpaired) electrons. The Morgan fingerprint density at radius 2 is 1.90 bits per heavy atom. The minimum atomic E-state index is 0.167. The number of aromatic nitrogens is 2. The number of benzene rings is 2. The van der Waals surface area contributed by atoms with Gasteiger partial charge in [0.1, 0.15) is 11.5 Å². The number of ether oxygens (including phenoxy) is 1. The lowest BCUT2D eigenvalue weighted by Crippen LogP contribution is -1.90. The first-order chi connectivity index (χ1) is 10.3. The lowest BCUT2D eigenvalue weighted by Gasteiger charge is -2.02. The first kappa shape index (κ1) is 13.2. The molecule has 3 rings (SSSR count). The highest BCUT2D eigenvalue weighted by atomic mass is 16.5. The zero-order chi connectivity index (χ0) is 14.7. The van der Waals surface area contributed by atoms with Crippen LogP contribution in [-0.4, -0.2) is 21.9 Å². The van der Waals surface area contributed by atoms with Gasteiger partial charge in [-0.15, -0.1) is 0 Å². The molecule has 0 unspecified atom stereocenters. The van der Waals surface area contributed by atoms with Crippen LogP contribution in [0.3, 0.4) is 0 Å². The van der Waals surface area contributed by atoms with Crippen LogP contribution in [0.5, 0.6) is 11.5 Å². The van der Waals surface area contributed by atoms with Crippen molar-refractivity contribution in [1.29, 1.82) is 0 Å². The van der Waals surface area contributed by atoms with E-state index in [0.29, 0.717) is 23.9 Å². The quantitative estimate of drug-likeness (QED) is 0.793. The van der Waals surface area contributed by atoms with Gasteiger partial charge in [-0.05, 0) is 43.3 Å². The van der Waals surface area contributed by atoms with Crippen molar-refractivity contribution in [2.45, 2.75) is 6.92 Å². The van der Waals surface area contributed by atoms with Gasteiger partial charge in [0, 0.05) is 11.1 Å². The van der Waals surface area contributed by atoms with Crippen molar-refractivity contribution in [3.05, 3.63) is 48.5 Å². The van der Waals surface area contributed by atoms with Gasteiger partial charge in [-0.3, -0.25) is 0 Å². The minimum Gasteiger partial charge on any atom is -0.508 e. The fraction of sp³-hybridized carbons (Fsp3) is 0.125. The molecule has 0 bridgehead atoms. The Labute approximate surface area is 121 Å². The second kappa shape index (κ2) is 5.66. The second-order valence-corrected chi connectivity index (χ2v) is 4.43. The van der Waals surface area contributed by atoms with E-state index in [1.54, 1.807) is 18.2 Å². The maximum absolute atomic E-state index is 9.48. The molecule has 0 spiro atoms. The smallest absolute Gasteiger partial charge is 0.258 e. The number of aromatic hydroxyl groups is 1. The predicted octanol–water partition coefficient (Wildman–Crippen LogP) is 3.51. The van der Waals surface area contributed by atoms with Crippen molar-refractivity contribution in [3.8, 4) is 34.3 Å². The summed E-state index contributed by atoms with van der Waals surface area (Å²) in [5.74, 6) is 1.83. The monoisotopic (exact) mass is 282 g/mol. The summed E-state index contributed by atoms with van der Waals surface area (Å²) in [5.41, 5.74) is 1.52. The molecule has 5 heteroatoms. The van der Waals surface area contributed by atoms with Crippen LogP contribution in [0.15, 0.2) is 53.1 Å². The first-order valence-electron chi connectivity index (χ1n) is 6.62. The van der Waals surface area contributed by atoms with Crippen LogP contribution in [0.1, 0.15) is 6.92 Å². The lowest BCUT2D eigenvalue weighted by atomic mass is 10.2. The Morgan fingerprint density at radius 1 is 1.10 bits per heavy atom. The molecule has 0 aliphatic carbocycles. The van der Waals surface area contributed by atoms with Crippen molar-refractivity contribution >= 4 is 0 Å². The topological polar surface area (TPSA) is 68.4 Å². The third-order valence-electron chi connectivity index (χ3n) is 2.94. The summed E-state index contributed by atoms with van der Waals surface area (Å²) in [6.07, 6.45) is 0. The summed E-state index contributed by atoms with van der Waals surface area (Å²) in [4.78, 5) is 4.34. The maximum Gasteiger partial charge on any atom is 0.258 e. The highest BCUT2D eigenvalue weighted by molar-refractivity contribution is 5.61. The van der Waals surface area contributed by atoms with Gasteiger partial charge in [-0.1, -0.05) is 17.3 Å². The fourth-order valence-corrected chi connectivity index (χ4v) is 1.96. The largest absolute Gasteiger partial charge is 0.508 e. The SMILES string of the molecule is CCOc1ccc(-c2nc(-c3cccc(O)c3)no2)cc1. The molecule has 0 fully saturated rings. The molecule has 1 heterocycles. The van der Waals surface area contributed by atoms with Crippen LogP contribution in [0.4, 0.5) is 0 Å². The summed E-state index contributed by atoms with van der Waals surface area (Å²) >= 11 is 0. The molecule has 0 saturated carbocycles. The van der Waals surface area contributed by atoms with Crippen LogP contribution in [-0.2, 0) is 0 Å². The first-order valence-corrected chi connectivity index (χ1v) is 6.62. The number of phenols is 1. The third kappa shape index (κ3) is 2.86. The Morgan fingerprint density at radius 3 is 2.62 bits per heavy atom. The molecule has 5 nitrogen and oxygen atoms in total. The van der Waals surface area contributed by atoms with Gasteiger partial charge in [-0.2, -0.15) is 4.98 Å². The van der Waals surface area contributed by atoms with Gasteiger partial charge in [0.25, 0.3) is 5.89 Å². The number of hydrogen-bond acceptors (Lipinski definition) is 5. The molecule has 106 valence electrons. The van der Waals surface area contributed by atoms with Crippen molar-refractivity contribution in [3.63, 3.8) is 0 Å². The molecule has 2 aromatic carbocycles. The Balaban J connectivity index is 1.87. The van der Waals surface area contributed by atoms with E-state index >= 15 is 0 Å². The molecule has 21 heavy (non-hydrogen) atoms. The van der Waals surface area contributed by atoms with Gasteiger partial charge in [-0.25, -0.2) is 0 Å². The average Bonchev–Trinajstić information content (AvgIpc) is 2.98. The summed E-state index contributed by atoms with van der Waals surface area (Å²) < 4.78 is 10.7. The highest BCUT2D eigenvalue weighted by Crippen LogP contribution is 2.25. The van der Waals surface area contributed by atoms with Gasteiger partial charge in [0.2, 0.25) is 5.82 Å². The summed E-state index contributed by atoms with van der Waals surface area (Å²) in [6, 6.07) is 14.2. The Hall–Kier alpha value is -2.82. The van der Waals surface area contributed by atoms with E-state index < -0.39 is 0 Å². The molecular formula is C16H14N2O3.